The highest BCUT2D eigenvalue weighted by Crippen LogP contribution is 2.28. The lowest BCUT2D eigenvalue weighted by molar-refractivity contribution is -0.115. The van der Waals surface area contributed by atoms with Crippen molar-refractivity contribution in [1.82, 2.24) is 10.1 Å². The molecule has 0 spiro atoms. The molecule has 23 heavy (non-hydrogen) atoms. The maximum atomic E-state index is 11.9. The van der Waals surface area contributed by atoms with Gasteiger partial charge in [0.15, 0.2) is 5.82 Å². The summed E-state index contributed by atoms with van der Waals surface area (Å²) in [5.74, 6) is 1.50. The second-order valence-electron chi connectivity index (χ2n) is 5.38. The zero-order valence-electron chi connectivity index (χ0n) is 12.8. The van der Waals surface area contributed by atoms with Gasteiger partial charge in [-0.3, -0.25) is 4.79 Å². The number of amides is 1. The van der Waals surface area contributed by atoms with Crippen molar-refractivity contribution in [2.75, 3.05) is 11.1 Å². The Hall–Kier alpha value is -2.33. The molecule has 0 saturated carbocycles. The minimum absolute atomic E-state index is 0.134. The van der Waals surface area contributed by atoms with Crippen molar-refractivity contribution in [3.05, 3.63) is 34.7 Å². The summed E-state index contributed by atoms with van der Waals surface area (Å²) in [4.78, 5) is 16.5. The number of aromatic nitrogens is 2. The van der Waals surface area contributed by atoms with Crippen LogP contribution in [0.2, 0.25) is 0 Å². The summed E-state index contributed by atoms with van der Waals surface area (Å²) in [5, 5.41) is 16.4. The fraction of sp³-hybridized carbons (Fsp3) is 0.375. The van der Waals surface area contributed by atoms with Crippen molar-refractivity contribution in [3.63, 3.8) is 0 Å². The molecule has 7 heteroatoms. The summed E-state index contributed by atoms with van der Waals surface area (Å²) in [7, 11) is 0. The summed E-state index contributed by atoms with van der Waals surface area (Å²) in [6, 6.07) is 5.81. The number of hydrogen-bond acceptors (Lipinski definition) is 6. The topological polar surface area (TPSA) is 91.8 Å². The van der Waals surface area contributed by atoms with E-state index in [4.69, 9.17) is 4.52 Å². The van der Waals surface area contributed by atoms with Crippen LogP contribution < -0.4 is 5.32 Å². The van der Waals surface area contributed by atoms with Gasteiger partial charge in [-0.1, -0.05) is 5.16 Å². The average Bonchev–Trinajstić information content (AvgIpc) is 3.14. The van der Waals surface area contributed by atoms with Gasteiger partial charge in [0, 0.05) is 23.9 Å². The van der Waals surface area contributed by atoms with Gasteiger partial charge in [-0.05, 0) is 37.8 Å². The first kappa shape index (κ1) is 15.6. The number of pyridine rings is 1. The SMILES string of the molecule is Cc1cc(NC(=O)CCSc2nc3c(cc2C#N)CCC3)no1. The first-order valence-electron chi connectivity index (χ1n) is 7.44. The van der Waals surface area contributed by atoms with Crippen molar-refractivity contribution >= 4 is 23.5 Å². The maximum absolute atomic E-state index is 11.9. The van der Waals surface area contributed by atoms with Crippen LogP contribution in [0.1, 0.15) is 35.4 Å². The second-order valence-corrected chi connectivity index (χ2v) is 6.47. The lowest BCUT2D eigenvalue weighted by Crippen LogP contribution is -2.12. The maximum Gasteiger partial charge on any atom is 0.226 e. The molecule has 1 amide bonds. The van der Waals surface area contributed by atoms with E-state index >= 15 is 0 Å². The molecule has 3 rings (SSSR count). The Labute approximate surface area is 138 Å². The molecule has 0 atom stereocenters. The molecule has 1 aliphatic carbocycles. The molecule has 2 aromatic heterocycles. The van der Waals surface area contributed by atoms with Crippen molar-refractivity contribution in [2.45, 2.75) is 37.6 Å². The zero-order chi connectivity index (χ0) is 16.2. The third-order valence-corrected chi connectivity index (χ3v) is 4.59. The van der Waals surface area contributed by atoms with Crippen LogP contribution in [0.3, 0.4) is 0 Å². The van der Waals surface area contributed by atoms with Crippen molar-refractivity contribution in [2.24, 2.45) is 0 Å². The predicted molar refractivity (Wildman–Crippen MR) is 86.2 cm³/mol. The number of nitrogens with one attached hydrogen (secondary N) is 1. The second kappa shape index (κ2) is 6.84. The van der Waals surface area contributed by atoms with Gasteiger partial charge in [0.1, 0.15) is 16.9 Å². The van der Waals surface area contributed by atoms with Gasteiger partial charge in [-0.25, -0.2) is 4.98 Å². The van der Waals surface area contributed by atoms with Crippen LogP contribution in [0.4, 0.5) is 5.82 Å². The summed E-state index contributed by atoms with van der Waals surface area (Å²) in [5.41, 5.74) is 2.88. The molecule has 0 radical (unpaired) electrons. The molecule has 0 saturated heterocycles. The standard InChI is InChI=1S/C16H16N4O2S/c1-10-7-14(20-22-10)19-15(21)5-6-23-16-12(9-17)8-11-3-2-4-13(11)18-16/h7-8H,2-6H2,1H3,(H,19,20,21). The fourth-order valence-electron chi connectivity index (χ4n) is 2.51. The van der Waals surface area contributed by atoms with Crippen LogP contribution in [-0.2, 0) is 17.6 Å². The number of nitriles is 1. The number of anilines is 1. The fourth-order valence-corrected chi connectivity index (χ4v) is 3.43. The molecule has 2 heterocycles. The van der Waals surface area contributed by atoms with Gasteiger partial charge >= 0.3 is 0 Å². The zero-order valence-corrected chi connectivity index (χ0v) is 13.6. The van der Waals surface area contributed by atoms with Gasteiger partial charge in [0.2, 0.25) is 5.91 Å². The average molecular weight is 328 g/mol. The summed E-state index contributed by atoms with van der Waals surface area (Å²) >= 11 is 1.44. The van der Waals surface area contributed by atoms with Crippen molar-refractivity contribution in [3.8, 4) is 6.07 Å². The van der Waals surface area contributed by atoms with Crippen LogP contribution in [0.5, 0.6) is 0 Å². The number of nitrogens with zero attached hydrogens (tertiary/aromatic N) is 3. The number of fused-ring (bicyclic) bond motifs is 1. The smallest absolute Gasteiger partial charge is 0.226 e. The Bertz CT molecular complexity index is 779. The lowest BCUT2D eigenvalue weighted by Gasteiger charge is -2.06. The number of hydrogen-bond donors (Lipinski definition) is 1. The molecule has 0 aliphatic heterocycles. The van der Waals surface area contributed by atoms with Gasteiger partial charge in [-0.15, -0.1) is 11.8 Å². The molecule has 1 N–H and O–H groups in total. The number of carbonyl (C=O) groups excluding carboxylic acids is 1. The first-order valence-corrected chi connectivity index (χ1v) is 8.43. The molecule has 118 valence electrons. The van der Waals surface area contributed by atoms with Crippen LogP contribution in [0, 0.1) is 18.3 Å². The van der Waals surface area contributed by atoms with E-state index in [1.807, 2.05) is 6.07 Å². The molecule has 0 unspecified atom stereocenters. The monoisotopic (exact) mass is 328 g/mol. The Balaban J connectivity index is 1.56. The van der Waals surface area contributed by atoms with Crippen LogP contribution in [0.25, 0.3) is 0 Å². The predicted octanol–water partition coefficient (Wildman–Crippen LogP) is 2.86. The third-order valence-electron chi connectivity index (χ3n) is 3.60. The molecule has 0 aromatic carbocycles. The van der Waals surface area contributed by atoms with E-state index in [1.165, 1.54) is 17.3 Å². The molecule has 0 bridgehead atoms. The Kier molecular flexibility index (Phi) is 4.63. The van der Waals surface area contributed by atoms with E-state index in [0.29, 0.717) is 29.3 Å². The van der Waals surface area contributed by atoms with E-state index < -0.39 is 0 Å². The third kappa shape index (κ3) is 3.71. The van der Waals surface area contributed by atoms with Crippen LogP contribution in [0.15, 0.2) is 21.7 Å². The van der Waals surface area contributed by atoms with Gasteiger partial charge in [0.05, 0.1) is 5.56 Å². The molecular weight excluding hydrogens is 312 g/mol. The minimum atomic E-state index is -0.134. The molecule has 2 aromatic rings. The van der Waals surface area contributed by atoms with Gasteiger partial charge < -0.3 is 9.84 Å². The molecule has 1 aliphatic rings. The lowest BCUT2D eigenvalue weighted by atomic mass is 10.2. The Morgan fingerprint density at radius 3 is 3.09 bits per heavy atom. The Morgan fingerprint density at radius 2 is 2.35 bits per heavy atom. The van der Waals surface area contributed by atoms with E-state index in [0.717, 1.165) is 30.0 Å². The van der Waals surface area contributed by atoms with Crippen LogP contribution >= 0.6 is 11.8 Å². The normalized spacial score (nSPS) is 12.7. The molecular formula is C16H16N4O2S. The molecule has 0 fully saturated rings. The highest BCUT2D eigenvalue weighted by molar-refractivity contribution is 7.99. The van der Waals surface area contributed by atoms with Crippen molar-refractivity contribution in [1.29, 1.82) is 5.26 Å². The molecule has 6 nitrogen and oxygen atoms in total. The number of rotatable bonds is 5. The van der Waals surface area contributed by atoms with Crippen LogP contribution in [-0.4, -0.2) is 21.8 Å². The summed E-state index contributed by atoms with van der Waals surface area (Å²) in [6.07, 6.45) is 3.39. The Morgan fingerprint density at radius 1 is 1.48 bits per heavy atom. The largest absolute Gasteiger partial charge is 0.360 e. The summed E-state index contributed by atoms with van der Waals surface area (Å²) in [6.45, 7) is 1.77. The highest BCUT2D eigenvalue weighted by Gasteiger charge is 2.17. The quantitative estimate of drug-likeness (QED) is 0.849. The number of thioether (sulfide) groups is 1. The highest BCUT2D eigenvalue weighted by atomic mass is 32.2. The van der Waals surface area contributed by atoms with Gasteiger partial charge in [-0.2, -0.15) is 5.26 Å². The minimum Gasteiger partial charge on any atom is -0.360 e. The number of aryl methyl sites for hydroxylation is 3. The van der Waals surface area contributed by atoms with Crippen molar-refractivity contribution < 1.29 is 9.32 Å². The van der Waals surface area contributed by atoms with E-state index in [2.05, 4.69) is 21.5 Å². The number of carbonyl (C=O) groups is 1. The van der Waals surface area contributed by atoms with Gasteiger partial charge in [0.25, 0.3) is 0 Å². The van der Waals surface area contributed by atoms with E-state index in [-0.39, 0.29) is 5.91 Å². The summed E-state index contributed by atoms with van der Waals surface area (Å²) < 4.78 is 4.90. The first-order chi connectivity index (χ1) is 11.2. The van der Waals surface area contributed by atoms with E-state index in [1.54, 1.807) is 13.0 Å². The van der Waals surface area contributed by atoms with E-state index in [9.17, 15) is 10.1 Å².